The molecule has 0 bridgehead atoms. The zero-order chi connectivity index (χ0) is 12.6. The Morgan fingerprint density at radius 1 is 1.12 bits per heavy atom. The van der Waals surface area contributed by atoms with Crippen molar-refractivity contribution < 1.29 is 0 Å². The van der Waals surface area contributed by atoms with Crippen molar-refractivity contribution in [2.75, 3.05) is 23.7 Å². The quantitative estimate of drug-likeness (QED) is 0.782. The van der Waals surface area contributed by atoms with Gasteiger partial charge in [0.1, 0.15) is 0 Å². The molecule has 2 nitrogen and oxygen atoms in total. The SMILES string of the molecule is C[C@H]1C[C@H](C)CN(c2c(Cl)cc(N)cc2Cl)C1. The number of hydrogen-bond acceptors (Lipinski definition) is 2. The average molecular weight is 273 g/mol. The Morgan fingerprint density at radius 2 is 1.59 bits per heavy atom. The van der Waals surface area contributed by atoms with Crippen molar-refractivity contribution in [2.24, 2.45) is 11.8 Å². The predicted molar refractivity (Wildman–Crippen MR) is 76.0 cm³/mol. The second-order valence-electron chi connectivity index (χ2n) is 5.18. The summed E-state index contributed by atoms with van der Waals surface area (Å²) in [5.41, 5.74) is 7.27. The molecule has 2 N–H and O–H groups in total. The third-order valence-electron chi connectivity index (χ3n) is 3.22. The van der Waals surface area contributed by atoms with Crippen LogP contribution in [0.1, 0.15) is 20.3 Å². The number of hydrogen-bond donors (Lipinski definition) is 1. The maximum Gasteiger partial charge on any atom is 0.0746 e. The molecule has 1 saturated heterocycles. The van der Waals surface area contributed by atoms with Crippen LogP contribution >= 0.6 is 23.2 Å². The minimum atomic E-state index is 0.613. The molecule has 1 heterocycles. The molecule has 1 aromatic rings. The first kappa shape index (κ1) is 12.8. The fourth-order valence-corrected chi connectivity index (χ4v) is 3.48. The Labute approximate surface area is 113 Å². The van der Waals surface area contributed by atoms with E-state index < -0.39 is 0 Å². The molecule has 1 aromatic carbocycles. The van der Waals surface area contributed by atoms with Gasteiger partial charge in [0.05, 0.1) is 15.7 Å². The first-order chi connectivity index (χ1) is 7.97. The van der Waals surface area contributed by atoms with Crippen molar-refractivity contribution in [1.29, 1.82) is 0 Å². The molecule has 0 radical (unpaired) electrons. The molecular formula is C13H18Cl2N2. The highest BCUT2D eigenvalue weighted by Gasteiger charge is 2.25. The first-order valence-corrected chi connectivity index (χ1v) is 6.72. The van der Waals surface area contributed by atoms with Gasteiger partial charge in [-0.3, -0.25) is 0 Å². The number of halogens is 2. The van der Waals surface area contributed by atoms with Crippen molar-refractivity contribution in [3.63, 3.8) is 0 Å². The minimum absolute atomic E-state index is 0.613. The molecule has 1 aliphatic rings. The summed E-state index contributed by atoms with van der Waals surface area (Å²) in [5, 5.41) is 1.30. The van der Waals surface area contributed by atoms with Crippen molar-refractivity contribution in [3.05, 3.63) is 22.2 Å². The van der Waals surface area contributed by atoms with Crippen molar-refractivity contribution in [3.8, 4) is 0 Å². The van der Waals surface area contributed by atoms with Gasteiger partial charge in [-0.25, -0.2) is 0 Å². The molecule has 2 rings (SSSR count). The van der Waals surface area contributed by atoms with E-state index >= 15 is 0 Å². The summed E-state index contributed by atoms with van der Waals surface area (Å²) >= 11 is 12.5. The normalized spacial score (nSPS) is 25.1. The number of anilines is 2. The maximum absolute atomic E-state index is 6.26. The van der Waals surface area contributed by atoms with Crippen LogP contribution in [-0.2, 0) is 0 Å². The topological polar surface area (TPSA) is 29.3 Å². The maximum atomic E-state index is 6.26. The second kappa shape index (κ2) is 4.95. The fraction of sp³-hybridized carbons (Fsp3) is 0.538. The van der Waals surface area contributed by atoms with Crippen LogP contribution in [0.3, 0.4) is 0 Å². The Balaban J connectivity index is 2.33. The molecule has 94 valence electrons. The molecule has 17 heavy (non-hydrogen) atoms. The Kier molecular flexibility index (Phi) is 3.74. The molecule has 0 aromatic heterocycles. The highest BCUT2D eigenvalue weighted by molar-refractivity contribution is 6.39. The summed E-state index contributed by atoms with van der Waals surface area (Å²) in [7, 11) is 0. The second-order valence-corrected chi connectivity index (χ2v) is 6.00. The van der Waals surface area contributed by atoms with E-state index in [4.69, 9.17) is 28.9 Å². The van der Waals surface area contributed by atoms with E-state index in [1.165, 1.54) is 6.42 Å². The summed E-state index contributed by atoms with van der Waals surface area (Å²) in [5.74, 6) is 1.34. The van der Waals surface area contributed by atoms with Crippen molar-refractivity contribution in [1.82, 2.24) is 0 Å². The third kappa shape index (κ3) is 2.80. The minimum Gasteiger partial charge on any atom is -0.399 e. The first-order valence-electron chi connectivity index (χ1n) is 5.97. The zero-order valence-electron chi connectivity index (χ0n) is 10.2. The molecular weight excluding hydrogens is 255 g/mol. The van der Waals surface area contributed by atoms with Crippen LogP contribution in [0, 0.1) is 11.8 Å². The fourth-order valence-electron chi connectivity index (χ4n) is 2.73. The van der Waals surface area contributed by atoms with Gasteiger partial charge in [-0.2, -0.15) is 0 Å². The summed E-state index contributed by atoms with van der Waals surface area (Å²) in [6, 6.07) is 3.54. The van der Waals surface area contributed by atoms with Crippen LogP contribution in [0.25, 0.3) is 0 Å². The zero-order valence-corrected chi connectivity index (χ0v) is 11.7. The largest absolute Gasteiger partial charge is 0.399 e. The number of rotatable bonds is 1. The number of piperidine rings is 1. The average Bonchev–Trinajstić information content (AvgIpc) is 2.13. The summed E-state index contributed by atoms with van der Waals surface area (Å²) in [4.78, 5) is 2.28. The van der Waals surface area contributed by atoms with Gasteiger partial charge in [0.25, 0.3) is 0 Å². The van der Waals surface area contributed by atoms with Crippen LogP contribution in [0.4, 0.5) is 11.4 Å². The highest BCUT2D eigenvalue weighted by atomic mass is 35.5. The number of nitrogens with two attached hydrogens (primary N) is 1. The van der Waals surface area contributed by atoms with Gasteiger partial charge >= 0.3 is 0 Å². The van der Waals surface area contributed by atoms with E-state index in [0.717, 1.165) is 18.8 Å². The van der Waals surface area contributed by atoms with Gasteiger partial charge in [0.15, 0.2) is 0 Å². The van der Waals surface area contributed by atoms with E-state index in [2.05, 4.69) is 18.7 Å². The van der Waals surface area contributed by atoms with E-state index in [1.807, 2.05) is 0 Å². The Bertz CT molecular complexity index is 387. The lowest BCUT2D eigenvalue weighted by molar-refractivity contribution is 0.357. The molecule has 0 saturated carbocycles. The molecule has 0 unspecified atom stereocenters. The van der Waals surface area contributed by atoms with Crippen molar-refractivity contribution in [2.45, 2.75) is 20.3 Å². The molecule has 4 heteroatoms. The number of nitrogen functional groups attached to an aromatic ring is 1. The molecule has 0 spiro atoms. The van der Waals surface area contributed by atoms with Crippen molar-refractivity contribution >= 4 is 34.6 Å². The number of nitrogens with zero attached hydrogens (tertiary/aromatic N) is 1. The smallest absolute Gasteiger partial charge is 0.0746 e. The van der Waals surface area contributed by atoms with Crippen LogP contribution in [0.2, 0.25) is 10.0 Å². The summed E-state index contributed by atoms with van der Waals surface area (Å²) in [6.45, 7) is 6.55. The van der Waals surface area contributed by atoms with Crippen LogP contribution < -0.4 is 10.6 Å². The van der Waals surface area contributed by atoms with E-state index in [1.54, 1.807) is 12.1 Å². The lowest BCUT2D eigenvalue weighted by atomic mass is 9.91. The molecule has 1 aliphatic heterocycles. The van der Waals surface area contributed by atoms with E-state index in [-0.39, 0.29) is 0 Å². The van der Waals surface area contributed by atoms with E-state index in [0.29, 0.717) is 27.6 Å². The monoisotopic (exact) mass is 272 g/mol. The summed E-state index contributed by atoms with van der Waals surface area (Å²) in [6.07, 6.45) is 1.26. The predicted octanol–water partition coefficient (Wildman–Crippen LogP) is 4.06. The standard InChI is InChI=1S/C13H18Cl2N2/c1-8-3-9(2)7-17(6-8)13-11(14)4-10(16)5-12(13)15/h4-5,8-9H,3,6-7,16H2,1-2H3/t8-,9-/m0/s1. The summed E-state index contributed by atoms with van der Waals surface area (Å²) < 4.78 is 0. The highest BCUT2D eigenvalue weighted by Crippen LogP contribution is 2.38. The van der Waals surface area contributed by atoms with Gasteiger partial charge in [-0.15, -0.1) is 0 Å². The number of benzene rings is 1. The van der Waals surface area contributed by atoms with Gasteiger partial charge in [-0.05, 0) is 30.4 Å². The Hall–Kier alpha value is -0.600. The van der Waals surface area contributed by atoms with Crippen LogP contribution in [0.5, 0.6) is 0 Å². The van der Waals surface area contributed by atoms with Gasteiger partial charge in [0.2, 0.25) is 0 Å². The van der Waals surface area contributed by atoms with E-state index in [9.17, 15) is 0 Å². The molecule has 1 fully saturated rings. The molecule has 2 atom stereocenters. The van der Waals surface area contributed by atoms with Gasteiger partial charge < -0.3 is 10.6 Å². The van der Waals surface area contributed by atoms with Gasteiger partial charge in [0, 0.05) is 18.8 Å². The van der Waals surface area contributed by atoms with Crippen LogP contribution in [-0.4, -0.2) is 13.1 Å². The molecule has 0 amide bonds. The van der Waals surface area contributed by atoms with Gasteiger partial charge in [-0.1, -0.05) is 37.0 Å². The molecule has 0 aliphatic carbocycles. The lowest BCUT2D eigenvalue weighted by Gasteiger charge is -2.37. The Morgan fingerprint density at radius 3 is 2.06 bits per heavy atom. The van der Waals surface area contributed by atoms with Crippen LogP contribution in [0.15, 0.2) is 12.1 Å². The third-order valence-corrected chi connectivity index (χ3v) is 3.80. The lowest BCUT2D eigenvalue weighted by Crippen LogP contribution is -2.39.